The minimum Gasteiger partial charge on any atom is -0.457 e. The van der Waals surface area contributed by atoms with Crippen molar-refractivity contribution in [3.8, 4) is 11.3 Å². The molecule has 0 radical (unpaired) electrons. The molecule has 0 saturated carbocycles. The number of nitrogens with zero attached hydrogens (tertiary/aromatic N) is 1. The molecule has 8 heteroatoms. The number of thiocarbonyl (C=S) groups is 1. The number of amides is 1. The highest BCUT2D eigenvalue weighted by molar-refractivity contribution is 8.26. The summed E-state index contributed by atoms with van der Waals surface area (Å²) in [4.78, 5) is 13.7. The monoisotopic (exact) mass is 369 g/mol. The SMILES string of the molecule is CN1C(=O)C(=Cc2ccc(-c3ccc(C(F)(F)F)cc3)o2)SC1=S. The Morgan fingerprint density at radius 3 is 2.38 bits per heavy atom. The van der Waals surface area contributed by atoms with E-state index in [0.717, 1.165) is 12.1 Å². The van der Waals surface area contributed by atoms with Crippen LogP contribution in [0.5, 0.6) is 0 Å². The predicted octanol–water partition coefficient (Wildman–Crippen LogP) is 4.80. The van der Waals surface area contributed by atoms with E-state index in [1.54, 1.807) is 25.3 Å². The fourth-order valence-electron chi connectivity index (χ4n) is 2.08. The van der Waals surface area contributed by atoms with Gasteiger partial charge >= 0.3 is 6.18 Å². The molecule has 0 unspecified atom stereocenters. The number of rotatable bonds is 2. The van der Waals surface area contributed by atoms with Gasteiger partial charge in [-0.2, -0.15) is 13.2 Å². The molecule has 124 valence electrons. The van der Waals surface area contributed by atoms with Crippen LogP contribution in [0.25, 0.3) is 17.4 Å². The van der Waals surface area contributed by atoms with Gasteiger partial charge in [0.25, 0.3) is 5.91 Å². The number of carbonyl (C=O) groups is 1. The molecule has 0 aliphatic carbocycles. The fourth-order valence-corrected chi connectivity index (χ4v) is 3.24. The van der Waals surface area contributed by atoms with E-state index in [4.69, 9.17) is 16.6 Å². The highest BCUT2D eigenvalue weighted by Gasteiger charge is 2.30. The van der Waals surface area contributed by atoms with Gasteiger partial charge in [-0.05, 0) is 24.3 Å². The third-order valence-electron chi connectivity index (χ3n) is 3.38. The molecule has 1 amide bonds. The average Bonchev–Trinajstić information content (AvgIpc) is 3.08. The van der Waals surface area contributed by atoms with Gasteiger partial charge < -0.3 is 4.42 Å². The van der Waals surface area contributed by atoms with Crippen molar-refractivity contribution in [1.82, 2.24) is 4.90 Å². The van der Waals surface area contributed by atoms with Crippen molar-refractivity contribution in [2.24, 2.45) is 0 Å². The van der Waals surface area contributed by atoms with Gasteiger partial charge in [-0.3, -0.25) is 9.69 Å². The number of benzene rings is 1. The van der Waals surface area contributed by atoms with Crippen molar-refractivity contribution in [3.63, 3.8) is 0 Å². The Bertz CT molecular complexity index is 838. The lowest BCUT2D eigenvalue weighted by Gasteiger charge is -2.06. The summed E-state index contributed by atoms with van der Waals surface area (Å²) in [5.41, 5.74) is -0.199. The summed E-state index contributed by atoms with van der Waals surface area (Å²) in [6, 6.07) is 7.98. The van der Waals surface area contributed by atoms with Gasteiger partial charge in [-0.25, -0.2) is 0 Å². The first-order chi connectivity index (χ1) is 11.3. The van der Waals surface area contributed by atoms with Gasteiger partial charge in [0.05, 0.1) is 10.5 Å². The summed E-state index contributed by atoms with van der Waals surface area (Å²) in [5.74, 6) is 0.637. The van der Waals surface area contributed by atoms with E-state index in [-0.39, 0.29) is 5.91 Å². The highest BCUT2D eigenvalue weighted by Crippen LogP contribution is 2.34. The first kappa shape index (κ1) is 16.8. The van der Waals surface area contributed by atoms with Crippen molar-refractivity contribution in [2.45, 2.75) is 6.18 Å². The third-order valence-corrected chi connectivity index (χ3v) is 4.87. The summed E-state index contributed by atoms with van der Waals surface area (Å²) >= 11 is 6.21. The molecule has 24 heavy (non-hydrogen) atoms. The van der Waals surface area contributed by atoms with Crippen molar-refractivity contribution in [2.75, 3.05) is 7.05 Å². The zero-order valence-electron chi connectivity index (χ0n) is 12.3. The first-order valence-electron chi connectivity index (χ1n) is 6.75. The molecule has 0 N–H and O–H groups in total. The number of hydrogen-bond acceptors (Lipinski definition) is 4. The number of halogens is 3. The van der Waals surface area contributed by atoms with E-state index in [9.17, 15) is 18.0 Å². The normalized spacial score (nSPS) is 17.2. The highest BCUT2D eigenvalue weighted by atomic mass is 32.2. The summed E-state index contributed by atoms with van der Waals surface area (Å²) in [5, 5.41) is 0. The molecule has 2 heterocycles. The number of furan rings is 1. The minimum atomic E-state index is -4.37. The molecule has 3 nitrogen and oxygen atoms in total. The molecule has 2 aromatic rings. The molecule has 0 atom stereocenters. The second kappa shape index (κ2) is 6.10. The van der Waals surface area contributed by atoms with Crippen molar-refractivity contribution in [3.05, 3.63) is 52.6 Å². The molecule has 1 fully saturated rings. The van der Waals surface area contributed by atoms with Crippen LogP contribution in [0.1, 0.15) is 11.3 Å². The molecule has 1 saturated heterocycles. The molecule has 1 aromatic carbocycles. The average molecular weight is 369 g/mol. The van der Waals surface area contributed by atoms with Gasteiger partial charge in [-0.1, -0.05) is 36.1 Å². The van der Waals surface area contributed by atoms with Crippen LogP contribution >= 0.6 is 24.0 Å². The van der Waals surface area contributed by atoms with Gasteiger partial charge in [0.1, 0.15) is 15.8 Å². The molecule has 1 aromatic heterocycles. The van der Waals surface area contributed by atoms with Gasteiger partial charge in [0, 0.05) is 18.7 Å². The summed E-state index contributed by atoms with van der Waals surface area (Å²) in [6.07, 6.45) is -2.81. The molecule has 0 spiro atoms. The van der Waals surface area contributed by atoms with E-state index in [0.29, 0.717) is 26.3 Å². The lowest BCUT2D eigenvalue weighted by atomic mass is 10.1. The first-order valence-corrected chi connectivity index (χ1v) is 7.97. The molecular weight excluding hydrogens is 359 g/mol. The van der Waals surface area contributed by atoms with Crippen LogP contribution in [0, 0.1) is 0 Å². The lowest BCUT2D eigenvalue weighted by Crippen LogP contribution is -2.22. The Morgan fingerprint density at radius 2 is 1.83 bits per heavy atom. The van der Waals surface area contributed by atoms with Gasteiger partial charge in [-0.15, -0.1) is 0 Å². The Labute approximate surface area is 145 Å². The van der Waals surface area contributed by atoms with E-state index in [1.165, 1.54) is 28.8 Å². The number of thioether (sulfide) groups is 1. The Morgan fingerprint density at radius 1 is 1.17 bits per heavy atom. The van der Waals surface area contributed by atoms with E-state index in [1.807, 2.05) is 0 Å². The summed E-state index contributed by atoms with van der Waals surface area (Å²) in [6.45, 7) is 0. The predicted molar refractivity (Wildman–Crippen MR) is 90.1 cm³/mol. The van der Waals surface area contributed by atoms with E-state index >= 15 is 0 Å². The molecular formula is C16H10F3NO2S2. The number of likely N-dealkylation sites (N-methyl/N-ethyl adjacent to an activating group) is 1. The van der Waals surface area contributed by atoms with Crippen LogP contribution in [-0.4, -0.2) is 22.2 Å². The van der Waals surface area contributed by atoms with Crippen molar-refractivity contribution < 1.29 is 22.4 Å². The number of alkyl halides is 3. The van der Waals surface area contributed by atoms with Crippen molar-refractivity contribution >= 4 is 40.3 Å². The van der Waals surface area contributed by atoms with E-state index < -0.39 is 11.7 Å². The Kier molecular flexibility index (Phi) is 4.27. The summed E-state index contributed by atoms with van der Waals surface area (Å²) in [7, 11) is 1.59. The second-order valence-corrected chi connectivity index (χ2v) is 6.69. The molecule has 3 rings (SSSR count). The second-order valence-electron chi connectivity index (χ2n) is 5.02. The molecule has 1 aliphatic rings. The van der Waals surface area contributed by atoms with Crippen LogP contribution in [0.2, 0.25) is 0 Å². The third kappa shape index (κ3) is 3.25. The van der Waals surface area contributed by atoms with Crippen LogP contribution in [-0.2, 0) is 11.0 Å². The van der Waals surface area contributed by atoms with Gasteiger partial charge in [0.15, 0.2) is 0 Å². The van der Waals surface area contributed by atoms with Crippen molar-refractivity contribution in [1.29, 1.82) is 0 Å². The fraction of sp³-hybridized carbons (Fsp3) is 0.125. The number of hydrogen-bond donors (Lipinski definition) is 0. The van der Waals surface area contributed by atoms with Crippen LogP contribution in [0.4, 0.5) is 13.2 Å². The van der Waals surface area contributed by atoms with Crippen LogP contribution in [0.3, 0.4) is 0 Å². The minimum absolute atomic E-state index is 0.211. The van der Waals surface area contributed by atoms with Crippen LogP contribution < -0.4 is 0 Å². The van der Waals surface area contributed by atoms with E-state index in [2.05, 4.69) is 0 Å². The van der Waals surface area contributed by atoms with Crippen LogP contribution in [0.15, 0.2) is 45.7 Å². The summed E-state index contributed by atoms with van der Waals surface area (Å²) < 4.78 is 43.8. The smallest absolute Gasteiger partial charge is 0.416 e. The lowest BCUT2D eigenvalue weighted by molar-refractivity contribution is -0.137. The maximum Gasteiger partial charge on any atom is 0.416 e. The maximum atomic E-state index is 12.6. The number of carbonyl (C=O) groups excluding carboxylic acids is 1. The quantitative estimate of drug-likeness (QED) is 0.563. The zero-order valence-corrected chi connectivity index (χ0v) is 13.9. The zero-order chi connectivity index (χ0) is 17.5. The Balaban J connectivity index is 1.84. The Hall–Kier alpha value is -2.06. The molecule has 1 aliphatic heterocycles. The molecule has 0 bridgehead atoms. The maximum absolute atomic E-state index is 12.6. The topological polar surface area (TPSA) is 33.5 Å². The van der Waals surface area contributed by atoms with Gasteiger partial charge in [0.2, 0.25) is 0 Å². The standard InChI is InChI=1S/C16H10F3NO2S2/c1-20-14(21)13(24-15(20)23)8-11-6-7-12(22-11)9-2-4-10(5-3-9)16(17,18)19/h2-8H,1H3. The largest absolute Gasteiger partial charge is 0.457 e.